The molecule has 2 aromatic heterocycles. The summed E-state index contributed by atoms with van der Waals surface area (Å²) in [5.74, 6) is -0.207. The molecular formula is C18H17ClN4O3S3. The Morgan fingerprint density at radius 1 is 1.07 bits per heavy atom. The molecule has 1 aromatic carbocycles. The molecule has 0 bridgehead atoms. The van der Waals surface area contributed by atoms with Gasteiger partial charge in [0.2, 0.25) is 0 Å². The third-order valence-corrected chi connectivity index (χ3v) is 8.41. The van der Waals surface area contributed by atoms with E-state index in [2.05, 4.69) is 14.6 Å². The summed E-state index contributed by atoms with van der Waals surface area (Å²) in [4.78, 5) is 20.8. The van der Waals surface area contributed by atoms with Crippen LogP contribution in [0.1, 0.15) is 10.5 Å². The summed E-state index contributed by atoms with van der Waals surface area (Å²) in [6, 6.07) is 10.8. The number of nitrogens with zero attached hydrogens (tertiary/aromatic N) is 3. The number of anilines is 2. The van der Waals surface area contributed by atoms with Gasteiger partial charge in [0.05, 0.1) is 10.7 Å². The van der Waals surface area contributed by atoms with E-state index in [0.717, 1.165) is 28.4 Å². The van der Waals surface area contributed by atoms with Crippen molar-refractivity contribution in [2.24, 2.45) is 0 Å². The molecule has 3 heterocycles. The lowest BCUT2D eigenvalue weighted by Crippen LogP contribution is -2.49. The normalized spacial score (nSPS) is 14.8. The molecule has 3 aromatic rings. The molecule has 1 saturated heterocycles. The monoisotopic (exact) mass is 468 g/mol. The Kier molecular flexibility index (Phi) is 5.77. The first-order valence-corrected chi connectivity index (χ1v) is 12.4. The van der Waals surface area contributed by atoms with Gasteiger partial charge in [-0.3, -0.25) is 9.52 Å². The van der Waals surface area contributed by atoms with E-state index in [-0.39, 0.29) is 20.9 Å². The van der Waals surface area contributed by atoms with Gasteiger partial charge in [-0.15, -0.1) is 22.7 Å². The van der Waals surface area contributed by atoms with E-state index in [0.29, 0.717) is 31.2 Å². The second-order valence-electron chi connectivity index (χ2n) is 6.31. The van der Waals surface area contributed by atoms with Crippen LogP contribution in [0.25, 0.3) is 0 Å². The van der Waals surface area contributed by atoms with Crippen molar-refractivity contribution in [3.8, 4) is 0 Å². The van der Waals surface area contributed by atoms with Gasteiger partial charge in [0.25, 0.3) is 15.9 Å². The lowest BCUT2D eigenvalue weighted by molar-refractivity contribution is 0.0742. The Bertz CT molecular complexity index is 1110. The second kappa shape index (κ2) is 8.31. The molecular weight excluding hydrogens is 452 g/mol. The maximum Gasteiger partial charge on any atom is 0.273 e. The van der Waals surface area contributed by atoms with Gasteiger partial charge in [0.1, 0.15) is 9.90 Å². The van der Waals surface area contributed by atoms with E-state index in [9.17, 15) is 13.2 Å². The number of rotatable bonds is 5. The number of amides is 1. The fourth-order valence-electron chi connectivity index (χ4n) is 3.02. The number of halogens is 1. The number of benzene rings is 1. The van der Waals surface area contributed by atoms with Crippen LogP contribution in [0.3, 0.4) is 0 Å². The summed E-state index contributed by atoms with van der Waals surface area (Å²) in [6.45, 7) is 2.41. The van der Waals surface area contributed by atoms with Crippen LogP contribution in [-0.2, 0) is 10.0 Å². The predicted molar refractivity (Wildman–Crippen MR) is 117 cm³/mol. The molecule has 1 aliphatic rings. The standard InChI is InChI=1S/C18H17ClN4O3S3/c19-13-4-1-2-5-15(13)22-7-9-23(10-8-22)17(24)14-12-28-18(20-14)21-29(25,26)16-6-3-11-27-16/h1-6,11-12H,7-10H2,(H,20,21). The first-order chi connectivity index (χ1) is 13.9. The molecule has 0 aliphatic carbocycles. The van der Waals surface area contributed by atoms with E-state index in [4.69, 9.17) is 11.6 Å². The largest absolute Gasteiger partial charge is 0.367 e. The molecule has 0 saturated carbocycles. The molecule has 0 spiro atoms. The van der Waals surface area contributed by atoms with Crippen LogP contribution in [0.5, 0.6) is 0 Å². The average Bonchev–Trinajstić information content (AvgIpc) is 3.40. The van der Waals surface area contributed by atoms with Gasteiger partial charge in [-0.05, 0) is 23.6 Å². The molecule has 1 aliphatic heterocycles. The Labute approximate surface area is 181 Å². The van der Waals surface area contributed by atoms with Gasteiger partial charge in [-0.25, -0.2) is 13.4 Å². The number of piperazine rings is 1. The number of hydrogen-bond acceptors (Lipinski definition) is 7. The number of thiophene rings is 1. The lowest BCUT2D eigenvalue weighted by Gasteiger charge is -2.36. The van der Waals surface area contributed by atoms with Crippen LogP contribution in [0.2, 0.25) is 5.02 Å². The molecule has 29 heavy (non-hydrogen) atoms. The topological polar surface area (TPSA) is 82.6 Å². The number of sulfonamides is 1. The Balaban J connectivity index is 1.39. The zero-order valence-electron chi connectivity index (χ0n) is 15.1. The number of carbonyl (C=O) groups excluding carboxylic acids is 1. The highest BCUT2D eigenvalue weighted by Gasteiger charge is 2.25. The van der Waals surface area contributed by atoms with E-state index in [1.807, 2.05) is 24.3 Å². The van der Waals surface area contributed by atoms with Crippen molar-refractivity contribution in [3.63, 3.8) is 0 Å². The van der Waals surface area contributed by atoms with Crippen molar-refractivity contribution in [2.75, 3.05) is 35.8 Å². The lowest BCUT2D eigenvalue weighted by atomic mass is 10.2. The summed E-state index contributed by atoms with van der Waals surface area (Å²) >= 11 is 8.47. The quantitative estimate of drug-likeness (QED) is 0.618. The van der Waals surface area contributed by atoms with E-state index >= 15 is 0 Å². The number of carbonyl (C=O) groups is 1. The highest BCUT2D eigenvalue weighted by molar-refractivity contribution is 7.94. The molecule has 0 atom stereocenters. The van der Waals surface area contributed by atoms with Gasteiger partial charge in [-0.2, -0.15) is 0 Å². The fraction of sp³-hybridized carbons (Fsp3) is 0.222. The molecule has 0 unspecified atom stereocenters. The van der Waals surface area contributed by atoms with Crippen LogP contribution < -0.4 is 9.62 Å². The number of hydrogen-bond donors (Lipinski definition) is 1. The van der Waals surface area contributed by atoms with Crippen molar-refractivity contribution < 1.29 is 13.2 Å². The van der Waals surface area contributed by atoms with Crippen molar-refractivity contribution in [1.82, 2.24) is 9.88 Å². The highest BCUT2D eigenvalue weighted by Crippen LogP contribution is 2.27. The number of aromatic nitrogens is 1. The molecule has 7 nitrogen and oxygen atoms in total. The molecule has 1 amide bonds. The summed E-state index contributed by atoms with van der Waals surface area (Å²) in [5, 5.41) is 4.13. The minimum absolute atomic E-state index is 0.177. The SMILES string of the molecule is O=C(c1csc(NS(=O)(=O)c2cccs2)n1)N1CCN(c2ccccc2Cl)CC1. The van der Waals surface area contributed by atoms with Crippen LogP contribution >= 0.6 is 34.3 Å². The van der Waals surface area contributed by atoms with Gasteiger partial charge >= 0.3 is 0 Å². The maximum absolute atomic E-state index is 12.8. The fourth-order valence-corrected chi connectivity index (χ4v) is 6.21. The summed E-state index contributed by atoms with van der Waals surface area (Å²) in [7, 11) is -3.68. The van der Waals surface area contributed by atoms with Gasteiger partial charge < -0.3 is 9.80 Å². The Hall–Kier alpha value is -2.14. The van der Waals surface area contributed by atoms with Crippen molar-refractivity contribution >= 4 is 61.0 Å². The van der Waals surface area contributed by atoms with E-state index < -0.39 is 10.0 Å². The predicted octanol–water partition coefficient (Wildman–Crippen LogP) is 3.62. The third kappa shape index (κ3) is 4.40. The van der Waals surface area contributed by atoms with Crippen LogP contribution in [0, 0.1) is 0 Å². The Morgan fingerprint density at radius 3 is 2.52 bits per heavy atom. The van der Waals surface area contributed by atoms with Crippen molar-refractivity contribution in [2.45, 2.75) is 4.21 Å². The van der Waals surface area contributed by atoms with Gasteiger partial charge in [0, 0.05) is 31.6 Å². The average molecular weight is 469 g/mol. The summed E-state index contributed by atoms with van der Waals surface area (Å²) in [6.07, 6.45) is 0. The van der Waals surface area contributed by atoms with Crippen LogP contribution in [0.4, 0.5) is 10.8 Å². The first-order valence-electron chi connectivity index (χ1n) is 8.75. The molecule has 152 valence electrons. The molecule has 11 heteroatoms. The highest BCUT2D eigenvalue weighted by atomic mass is 35.5. The van der Waals surface area contributed by atoms with Crippen LogP contribution in [0.15, 0.2) is 51.4 Å². The van der Waals surface area contributed by atoms with Gasteiger partial charge in [-0.1, -0.05) is 29.8 Å². The summed E-state index contributed by atoms with van der Waals surface area (Å²) < 4.78 is 27.2. The number of para-hydroxylation sites is 1. The smallest absolute Gasteiger partial charge is 0.273 e. The van der Waals surface area contributed by atoms with E-state index in [1.54, 1.807) is 21.7 Å². The molecule has 0 radical (unpaired) electrons. The second-order valence-corrected chi connectivity index (χ2v) is 10.4. The number of nitrogens with one attached hydrogen (secondary N) is 1. The first kappa shape index (κ1) is 20.1. The Morgan fingerprint density at radius 2 is 1.83 bits per heavy atom. The zero-order chi connectivity index (χ0) is 20.4. The minimum Gasteiger partial charge on any atom is -0.367 e. The summed E-state index contributed by atoms with van der Waals surface area (Å²) in [5.41, 5.74) is 1.20. The third-order valence-electron chi connectivity index (χ3n) is 4.46. The minimum atomic E-state index is -3.68. The van der Waals surface area contributed by atoms with Crippen molar-refractivity contribution in [3.05, 3.63) is 57.9 Å². The van der Waals surface area contributed by atoms with Crippen molar-refractivity contribution in [1.29, 1.82) is 0 Å². The van der Waals surface area contributed by atoms with E-state index in [1.165, 1.54) is 6.07 Å². The van der Waals surface area contributed by atoms with Gasteiger partial charge in [0.15, 0.2) is 5.13 Å². The number of thiazole rings is 1. The zero-order valence-corrected chi connectivity index (χ0v) is 18.3. The molecule has 4 rings (SSSR count). The maximum atomic E-state index is 12.8. The van der Waals surface area contributed by atoms with Crippen LogP contribution in [-0.4, -0.2) is 50.4 Å². The molecule has 1 fully saturated rings. The molecule has 1 N–H and O–H groups in total.